The number of aryl methyl sites for hydroxylation is 1. The lowest BCUT2D eigenvalue weighted by Crippen LogP contribution is -2.61. The standard InChI is InChI=1S/C15H20FN3O3.C7H8.C2H6.C2H4.CH3NO/c1-2-12(20)19-8-7-18(14(22)15(19)4-5-15)10-13(21)17-6-3-11(16)9-17;1-7-5-3-2-4-6-7;2*1-2;1-2-3/h2,11H,1,3-10H2;2-6H,1H3;1-2H3;1-2H2;1H3/t11-;;;;/m1..../s1. The predicted octanol–water partition coefficient (Wildman–Crippen LogP) is 4.15. The Balaban J connectivity index is 0.000000726. The average Bonchev–Trinajstić information content (AvgIpc) is 3.57. The summed E-state index contributed by atoms with van der Waals surface area (Å²) in [5.74, 6) is -0.622. The predicted molar refractivity (Wildman–Crippen MR) is 142 cm³/mol. The molecule has 0 unspecified atom stereocenters. The quantitative estimate of drug-likeness (QED) is 0.351. The summed E-state index contributed by atoms with van der Waals surface area (Å²) >= 11 is 0. The number of likely N-dealkylation sites (tertiary alicyclic amines) is 1. The van der Waals surface area contributed by atoms with E-state index in [1.54, 1.807) is 4.90 Å². The van der Waals surface area contributed by atoms with E-state index in [9.17, 15) is 18.8 Å². The Bertz CT molecular complexity index is 845. The van der Waals surface area contributed by atoms with Crippen molar-refractivity contribution in [1.82, 2.24) is 14.7 Å². The van der Waals surface area contributed by atoms with Crippen LogP contribution < -0.4 is 0 Å². The highest BCUT2D eigenvalue weighted by atomic mass is 19.1. The third-order valence-electron chi connectivity index (χ3n) is 5.71. The Hall–Kier alpha value is -3.36. The van der Waals surface area contributed by atoms with Crippen LogP contribution in [0.4, 0.5) is 4.39 Å². The number of halogens is 1. The van der Waals surface area contributed by atoms with Gasteiger partial charge < -0.3 is 14.7 Å². The highest BCUT2D eigenvalue weighted by Crippen LogP contribution is 2.45. The maximum absolute atomic E-state index is 13.2. The van der Waals surface area contributed by atoms with Crippen molar-refractivity contribution in [3.05, 3.63) is 66.6 Å². The van der Waals surface area contributed by atoms with E-state index in [2.05, 4.69) is 44.0 Å². The molecule has 0 radical (unpaired) electrons. The summed E-state index contributed by atoms with van der Waals surface area (Å²) in [6.45, 7) is 16.8. The molecule has 1 aromatic carbocycles. The van der Waals surface area contributed by atoms with E-state index >= 15 is 0 Å². The smallest absolute Gasteiger partial charge is 0.249 e. The van der Waals surface area contributed by atoms with E-state index in [0.717, 1.165) is 0 Å². The molecular formula is C27H41FN4O4. The minimum Gasteiger partial charge on any atom is -0.338 e. The topological polar surface area (TPSA) is 90.4 Å². The van der Waals surface area contributed by atoms with Gasteiger partial charge in [0.25, 0.3) is 0 Å². The van der Waals surface area contributed by atoms with Gasteiger partial charge in [-0.15, -0.1) is 13.2 Å². The van der Waals surface area contributed by atoms with E-state index in [-0.39, 0.29) is 30.8 Å². The Morgan fingerprint density at radius 2 is 1.69 bits per heavy atom. The Labute approximate surface area is 214 Å². The zero-order valence-electron chi connectivity index (χ0n) is 22.1. The summed E-state index contributed by atoms with van der Waals surface area (Å²) < 4.78 is 13.2. The number of hydrogen-bond acceptors (Lipinski definition) is 5. The lowest BCUT2D eigenvalue weighted by atomic mass is 10.1. The first-order chi connectivity index (χ1) is 17.3. The van der Waals surface area contributed by atoms with Crippen LogP contribution in [-0.2, 0) is 14.4 Å². The number of amides is 3. The Kier molecular flexibility index (Phi) is 15.5. The summed E-state index contributed by atoms with van der Waals surface area (Å²) in [6, 6.07) is 10.3. The van der Waals surface area contributed by atoms with Gasteiger partial charge in [0.15, 0.2) is 0 Å². The molecule has 1 aliphatic carbocycles. The highest BCUT2D eigenvalue weighted by molar-refractivity contribution is 5.99. The van der Waals surface area contributed by atoms with E-state index < -0.39 is 11.7 Å². The average molecular weight is 505 g/mol. The molecule has 2 aliphatic heterocycles. The first-order valence-corrected chi connectivity index (χ1v) is 12.2. The van der Waals surface area contributed by atoms with Crippen LogP contribution >= 0.6 is 0 Å². The normalized spacial score (nSPS) is 18.5. The Morgan fingerprint density at radius 3 is 2.08 bits per heavy atom. The van der Waals surface area contributed by atoms with Crippen LogP contribution in [0, 0.1) is 11.8 Å². The fourth-order valence-electron chi connectivity index (χ4n) is 3.87. The van der Waals surface area contributed by atoms with Crippen molar-refractivity contribution in [2.24, 2.45) is 5.18 Å². The van der Waals surface area contributed by atoms with Crippen molar-refractivity contribution in [2.45, 2.75) is 51.7 Å². The van der Waals surface area contributed by atoms with Crippen molar-refractivity contribution < 1.29 is 18.8 Å². The van der Waals surface area contributed by atoms with E-state index in [4.69, 9.17) is 4.91 Å². The highest BCUT2D eigenvalue weighted by Gasteiger charge is 2.59. The molecule has 0 bridgehead atoms. The number of piperazine rings is 1. The zero-order chi connectivity index (χ0) is 27.7. The second kappa shape index (κ2) is 17.1. The molecule has 8 nitrogen and oxygen atoms in total. The van der Waals surface area contributed by atoms with Crippen LogP contribution in [0.1, 0.15) is 38.7 Å². The molecule has 9 heteroatoms. The SMILES string of the molecule is C=C.C=CC(=O)N1CCN(CC(=O)N2CC[C@@H](F)C2)C(=O)C12CC2.CC.CN=O.Cc1ccccc1. The molecule has 1 aromatic rings. The molecule has 1 spiro atoms. The maximum atomic E-state index is 13.2. The van der Waals surface area contributed by atoms with Gasteiger partial charge in [0.1, 0.15) is 11.7 Å². The van der Waals surface area contributed by atoms with E-state index in [1.807, 2.05) is 32.0 Å². The fourth-order valence-corrected chi connectivity index (χ4v) is 3.87. The second-order valence-corrected chi connectivity index (χ2v) is 8.02. The Morgan fingerprint density at radius 1 is 1.14 bits per heavy atom. The minimum absolute atomic E-state index is 0.0244. The van der Waals surface area contributed by atoms with Crippen LogP contribution in [0.25, 0.3) is 0 Å². The molecule has 2 heterocycles. The molecule has 4 rings (SSSR count). The molecule has 1 atom stereocenters. The lowest BCUT2D eigenvalue weighted by molar-refractivity contribution is -0.154. The van der Waals surface area contributed by atoms with Gasteiger partial charge in [-0.2, -0.15) is 4.91 Å². The van der Waals surface area contributed by atoms with Crippen LogP contribution in [-0.4, -0.2) is 83.9 Å². The largest absolute Gasteiger partial charge is 0.338 e. The van der Waals surface area contributed by atoms with Gasteiger partial charge >= 0.3 is 0 Å². The van der Waals surface area contributed by atoms with Gasteiger partial charge in [0.05, 0.1) is 20.1 Å². The van der Waals surface area contributed by atoms with Gasteiger partial charge in [-0.25, -0.2) is 4.39 Å². The van der Waals surface area contributed by atoms with Crippen LogP contribution in [0.2, 0.25) is 0 Å². The molecule has 3 amide bonds. The molecular weight excluding hydrogens is 463 g/mol. The number of benzene rings is 1. The lowest BCUT2D eigenvalue weighted by Gasteiger charge is -2.40. The minimum atomic E-state index is -0.962. The molecule has 36 heavy (non-hydrogen) atoms. The number of carbonyl (C=O) groups is 3. The number of rotatable bonds is 3. The van der Waals surface area contributed by atoms with E-state index in [0.29, 0.717) is 38.9 Å². The zero-order valence-corrected chi connectivity index (χ0v) is 22.1. The molecule has 3 aliphatic rings. The van der Waals surface area contributed by atoms with Gasteiger partial charge in [-0.05, 0) is 32.3 Å². The molecule has 3 fully saturated rings. The van der Waals surface area contributed by atoms with E-state index in [1.165, 1.54) is 28.5 Å². The molecule has 200 valence electrons. The number of carbonyl (C=O) groups excluding carboxylic acids is 3. The van der Waals surface area contributed by atoms with Gasteiger partial charge in [0.2, 0.25) is 17.7 Å². The first kappa shape index (κ1) is 32.6. The first-order valence-electron chi connectivity index (χ1n) is 12.2. The number of hydrogen-bond donors (Lipinski definition) is 0. The van der Waals surface area contributed by atoms with Gasteiger partial charge in [-0.1, -0.05) is 61.5 Å². The number of alkyl halides is 1. The van der Waals surface area contributed by atoms with Crippen molar-refractivity contribution in [3.63, 3.8) is 0 Å². The van der Waals surface area contributed by atoms with Crippen molar-refractivity contribution in [1.29, 1.82) is 0 Å². The monoisotopic (exact) mass is 504 g/mol. The third kappa shape index (κ3) is 9.36. The van der Waals surface area contributed by atoms with Crippen LogP contribution in [0.3, 0.4) is 0 Å². The summed E-state index contributed by atoms with van der Waals surface area (Å²) in [5, 5.41) is 2.25. The van der Waals surface area contributed by atoms with Gasteiger partial charge in [0, 0.05) is 19.6 Å². The van der Waals surface area contributed by atoms with Gasteiger partial charge in [-0.3, -0.25) is 14.4 Å². The van der Waals surface area contributed by atoms with Crippen LogP contribution in [0.5, 0.6) is 0 Å². The number of nitroso groups, excluding NO2 is 1. The summed E-state index contributed by atoms with van der Waals surface area (Å²) in [6.07, 6.45) is 1.89. The second-order valence-electron chi connectivity index (χ2n) is 8.02. The maximum Gasteiger partial charge on any atom is 0.249 e. The summed E-state index contributed by atoms with van der Waals surface area (Å²) in [4.78, 5) is 49.7. The summed E-state index contributed by atoms with van der Waals surface area (Å²) in [5.41, 5.74) is 0.555. The van der Waals surface area contributed by atoms with Crippen molar-refractivity contribution >= 4 is 17.7 Å². The fraction of sp³-hybridized carbons (Fsp3) is 0.519. The van der Waals surface area contributed by atoms with Crippen molar-refractivity contribution in [2.75, 3.05) is 39.8 Å². The molecule has 0 N–H and O–H groups in total. The number of nitrogens with zero attached hydrogens (tertiary/aromatic N) is 4. The molecule has 0 aromatic heterocycles. The molecule has 2 saturated heterocycles. The summed E-state index contributed by atoms with van der Waals surface area (Å²) in [7, 11) is 1.19. The molecule has 1 saturated carbocycles. The van der Waals surface area contributed by atoms with Crippen molar-refractivity contribution in [3.8, 4) is 0 Å². The van der Waals surface area contributed by atoms with Crippen LogP contribution in [0.15, 0.2) is 61.3 Å². The third-order valence-corrected chi connectivity index (χ3v) is 5.71.